The van der Waals surface area contributed by atoms with Gasteiger partial charge in [0.1, 0.15) is 12.2 Å². The summed E-state index contributed by atoms with van der Waals surface area (Å²) >= 11 is 0. The summed E-state index contributed by atoms with van der Waals surface area (Å²) in [6, 6.07) is 13.4. The number of ether oxygens (including phenoxy) is 3. The van der Waals surface area contributed by atoms with Crippen molar-refractivity contribution in [1.29, 1.82) is 0 Å². The van der Waals surface area contributed by atoms with Crippen molar-refractivity contribution in [2.75, 3.05) is 21.3 Å². The van der Waals surface area contributed by atoms with Crippen LogP contribution in [0.1, 0.15) is 5.56 Å². The molecule has 1 amide bonds. The molecule has 0 bridgehead atoms. The highest BCUT2D eigenvalue weighted by Gasteiger charge is 2.17. The second-order valence-electron chi connectivity index (χ2n) is 7.26. The van der Waals surface area contributed by atoms with Crippen molar-refractivity contribution in [2.45, 2.75) is 13.1 Å². The lowest BCUT2D eigenvalue weighted by atomic mass is 10.2. The molecule has 10 heteroatoms. The third kappa shape index (κ3) is 4.85. The van der Waals surface area contributed by atoms with Gasteiger partial charge in [-0.25, -0.2) is 4.39 Å². The smallest absolute Gasteiger partial charge is 0.274 e. The van der Waals surface area contributed by atoms with Crippen molar-refractivity contribution in [2.24, 2.45) is 0 Å². The SMILES string of the molecule is COc1ccc(-c2noc(-c3cccn3CC(=O)NCc3ccc(OC)c(OC)c3)n2)cc1F. The number of hydrogen-bond acceptors (Lipinski definition) is 7. The van der Waals surface area contributed by atoms with E-state index in [1.165, 1.54) is 19.2 Å². The summed E-state index contributed by atoms with van der Waals surface area (Å²) < 4.78 is 36.5. The maximum absolute atomic E-state index is 14.0. The maximum Gasteiger partial charge on any atom is 0.274 e. The van der Waals surface area contributed by atoms with E-state index in [4.69, 9.17) is 18.7 Å². The van der Waals surface area contributed by atoms with Crippen LogP contribution in [0.15, 0.2) is 59.3 Å². The van der Waals surface area contributed by atoms with Gasteiger partial charge in [0.15, 0.2) is 23.1 Å². The van der Waals surface area contributed by atoms with Gasteiger partial charge in [-0.3, -0.25) is 4.79 Å². The molecule has 0 aliphatic rings. The number of nitrogens with zero attached hydrogens (tertiary/aromatic N) is 3. The van der Waals surface area contributed by atoms with Gasteiger partial charge in [-0.15, -0.1) is 0 Å². The molecule has 0 spiro atoms. The lowest BCUT2D eigenvalue weighted by Crippen LogP contribution is -2.27. The van der Waals surface area contributed by atoms with E-state index in [-0.39, 0.29) is 29.9 Å². The minimum absolute atomic E-state index is 0.0461. The molecule has 0 unspecified atom stereocenters. The number of hydrogen-bond donors (Lipinski definition) is 1. The third-order valence-electron chi connectivity index (χ3n) is 5.14. The molecule has 0 aliphatic carbocycles. The van der Waals surface area contributed by atoms with Gasteiger partial charge >= 0.3 is 0 Å². The van der Waals surface area contributed by atoms with E-state index in [2.05, 4.69) is 15.5 Å². The van der Waals surface area contributed by atoms with E-state index in [0.717, 1.165) is 5.56 Å². The number of methoxy groups -OCH3 is 3. The molecule has 2 aromatic heterocycles. The number of halogens is 1. The fourth-order valence-electron chi connectivity index (χ4n) is 3.40. The molecule has 1 N–H and O–H groups in total. The minimum atomic E-state index is -0.527. The largest absolute Gasteiger partial charge is 0.494 e. The van der Waals surface area contributed by atoms with Crippen molar-refractivity contribution in [1.82, 2.24) is 20.0 Å². The van der Waals surface area contributed by atoms with Crippen LogP contribution in [0.3, 0.4) is 0 Å². The van der Waals surface area contributed by atoms with E-state index in [9.17, 15) is 9.18 Å². The zero-order chi connectivity index (χ0) is 24.1. The Labute approximate surface area is 195 Å². The van der Waals surface area contributed by atoms with Gasteiger partial charge in [0, 0.05) is 18.3 Å². The van der Waals surface area contributed by atoms with E-state index < -0.39 is 5.82 Å². The Morgan fingerprint density at radius 2 is 1.79 bits per heavy atom. The van der Waals surface area contributed by atoms with E-state index in [1.807, 2.05) is 12.1 Å². The first-order valence-electron chi connectivity index (χ1n) is 10.3. The van der Waals surface area contributed by atoms with E-state index >= 15 is 0 Å². The lowest BCUT2D eigenvalue weighted by molar-refractivity contribution is -0.121. The molecule has 0 saturated heterocycles. The number of carbonyl (C=O) groups is 1. The second-order valence-corrected chi connectivity index (χ2v) is 7.26. The van der Waals surface area contributed by atoms with Crippen LogP contribution >= 0.6 is 0 Å². The molecule has 176 valence electrons. The molecule has 34 heavy (non-hydrogen) atoms. The molecule has 0 fully saturated rings. The molecule has 9 nitrogen and oxygen atoms in total. The molecular weight excluding hydrogens is 443 g/mol. The Bertz CT molecular complexity index is 1300. The Hall–Kier alpha value is -4.34. The van der Waals surface area contributed by atoms with Gasteiger partial charge in [0.2, 0.25) is 11.7 Å². The zero-order valence-electron chi connectivity index (χ0n) is 18.9. The molecule has 4 rings (SSSR count). The van der Waals surface area contributed by atoms with Crippen LogP contribution < -0.4 is 19.5 Å². The first-order valence-corrected chi connectivity index (χ1v) is 10.3. The molecule has 4 aromatic rings. The van der Waals surface area contributed by atoms with Crippen LogP contribution in [0.25, 0.3) is 23.0 Å². The lowest BCUT2D eigenvalue weighted by Gasteiger charge is -2.11. The van der Waals surface area contributed by atoms with Crippen LogP contribution in [0, 0.1) is 5.82 Å². The summed E-state index contributed by atoms with van der Waals surface area (Å²) in [7, 11) is 4.51. The number of benzene rings is 2. The van der Waals surface area contributed by atoms with Gasteiger partial charge in [-0.1, -0.05) is 11.2 Å². The molecule has 0 radical (unpaired) electrons. The van der Waals surface area contributed by atoms with Crippen molar-refractivity contribution < 1.29 is 27.9 Å². The van der Waals surface area contributed by atoms with Gasteiger partial charge in [0.05, 0.1) is 21.3 Å². The van der Waals surface area contributed by atoms with Gasteiger partial charge in [0.25, 0.3) is 5.89 Å². The highest BCUT2D eigenvalue weighted by Crippen LogP contribution is 2.28. The Balaban J connectivity index is 1.43. The van der Waals surface area contributed by atoms with Crippen molar-refractivity contribution >= 4 is 5.91 Å². The highest BCUT2D eigenvalue weighted by atomic mass is 19.1. The Kier molecular flexibility index (Phi) is 6.77. The van der Waals surface area contributed by atoms with Crippen LogP contribution in [0.4, 0.5) is 4.39 Å². The number of amides is 1. The maximum atomic E-state index is 14.0. The summed E-state index contributed by atoms with van der Waals surface area (Å²) in [5.74, 6) is 1.04. The summed E-state index contributed by atoms with van der Waals surface area (Å²) in [5.41, 5.74) is 1.88. The standard InChI is InChI=1S/C24H23FN4O5/c1-31-19-9-7-16(12-17(19)25)23-27-24(34-28-23)18-5-4-10-29(18)14-22(30)26-13-15-6-8-20(32-2)21(11-15)33-3/h4-12H,13-14H2,1-3H3,(H,26,30). The summed E-state index contributed by atoms with van der Waals surface area (Å²) in [6.07, 6.45) is 1.74. The Morgan fingerprint density at radius 3 is 2.53 bits per heavy atom. The molecular formula is C24H23FN4O5. The summed E-state index contributed by atoms with van der Waals surface area (Å²) in [6.45, 7) is 0.369. The molecule has 0 atom stereocenters. The van der Waals surface area contributed by atoms with Crippen LogP contribution in [0.5, 0.6) is 17.2 Å². The zero-order valence-corrected chi connectivity index (χ0v) is 18.9. The van der Waals surface area contributed by atoms with Crippen LogP contribution in [-0.4, -0.2) is 41.9 Å². The first-order chi connectivity index (χ1) is 16.5. The van der Waals surface area contributed by atoms with Gasteiger partial charge in [-0.05, 0) is 48.0 Å². The summed E-state index contributed by atoms with van der Waals surface area (Å²) in [4.78, 5) is 16.9. The first kappa shape index (κ1) is 22.8. The number of nitrogens with one attached hydrogen (secondary N) is 1. The van der Waals surface area contributed by atoms with Crippen molar-refractivity contribution in [3.8, 4) is 40.2 Å². The average molecular weight is 466 g/mol. The van der Waals surface area contributed by atoms with E-state index in [0.29, 0.717) is 29.3 Å². The molecule has 0 saturated carbocycles. The normalized spacial score (nSPS) is 10.7. The summed E-state index contributed by atoms with van der Waals surface area (Å²) in [5, 5.41) is 6.81. The topological polar surface area (TPSA) is 101 Å². The quantitative estimate of drug-likeness (QED) is 0.402. The Morgan fingerprint density at radius 1 is 1.03 bits per heavy atom. The third-order valence-corrected chi connectivity index (χ3v) is 5.14. The fourth-order valence-corrected chi connectivity index (χ4v) is 3.40. The van der Waals surface area contributed by atoms with Gasteiger partial charge < -0.3 is 28.6 Å². The minimum Gasteiger partial charge on any atom is -0.494 e. The van der Waals surface area contributed by atoms with Crippen molar-refractivity contribution in [3.63, 3.8) is 0 Å². The molecule has 2 heterocycles. The van der Waals surface area contributed by atoms with E-state index in [1.54, 1.807) is 49.2 Å². The van der Waals surface area contributed by atoms with Crippen molar-refractivity contribution in [3.05, 3.63) is 66.1 Å². The predicted octanol–water partition coefficient (Wildman–Crippen LogP) is 3.69. The van der Waals surface area contributed by atoms with Gasteiger partial charge in [-0.2, -0.15) is 4.98 Å². The fraction of sp³-hybridized carbons (Fsp3) is 0.208. The molecule has 2 aromatic carbocycles. The second kappa shape index (κ2) is 10.1. The monoisotopic (exact) mass is 466 g/mol. The average Bonchev–Trinajstić information content (AvgIpc) is 3.52. The number of aromatic nitrogens is 3. The van der Waals surface area contributed by atoms with Crippen LogP contribution in [0.2, 0.25) is 0 Å². The van der Waals surface area contributed by atoms with Crippen LogP contribution in [-0.2, 0) is 17.9 Å². The predicted molar refractivity (Wildman–Crippen MR) is 121 cm³/mol. The number of rotatable bonds is 9. The highest BCUT2D eigenvalue weighted by molar-refractivity contribution is 5.76. The molecule has 0 aliphatic heterocycles. The number of carbonyl (C=O) groups excluding carboxylic acids is 1.